The van der Waals surface area contributed by atoms with Gasteiger partial charge < -0.3 is 15.0 Å². The van der Waals surface area contributed by atoms with Gasteiger partial charge in [0.2, 0.25) is 5.91 Å². The van der Waals surface area contributed by atoms with Gasteiger partial charge in [-0.2, -0.15) is 0 Å². The van der Waals surface area contributed by atoms with Gasteiger partial charge in [0.15, 0.2) is 0 Å². The molecular formula is C11H22N2O2. The Bertz CT molecular complexity index is 191. The molecule has 1 saturated heterocycles. The lowest BCUT2D eigenvalue weighted by Gasteiger charge is -2.27. The molecule has 0 bridgehead atoms. The highest BCUT2D eigenvalue weighted by molar-refractivity contribution is 5.75. The molecule has 1 heterocycles. The zero-order valence-electron chi connectivity index (χ0n) is 9.79. The molecule has 15 heavy (non-hydrogen) atoms. The van der Waals surface area contributed by atoms with Crippen LogP contribution < -0.4 is 5.32 Å². The summed E-state index contributed by atoms with van der Waals surface area (Å²) in [6, 6.07) is 0. The molecule has 0 saturated carbocycles. The first-order chi connectivity index (χ1) is 7.24. The van der Waals surface area contributed by atoms with Gasteiger partial charge in [-0.1, -0.05) is 0 Å². The van der Waals surface area contributed by atoms with E-state index in [-0.39, 0.29) is 5.91 Å². The predicted molar refractivity (Wildman–Crippen MR) is 59.7 cm³/mol. The monoisotopic (exact) mass is 214 g/mol. The fourth-order valence-electron chi connectivity index (χ4n) is 1.93. The molecule has 0 aromatic heterocycles. The summed E-state index contributed by atoms with van der Waals surface area (Å²) in [5.41, 5.74) is 0. The number of nitrogens with zero attached hydrogens (tertiary/aromatic N) is 1. The van der Waals surface area contributed by atoms with Crippen LogP contribution in [0.25, 0.3) is 0 Å². The molecule has 88 valence electrons. The average molecular weight is 214 g/mol. The summed E-state index contributed by atoms with van der Waals surface area (Å²) in [7, 11) is 3.51. The highest BCUT2D eigenvalue weighted by Gasteiger charge is 2.17. The molecule has 4 nitrogen and oxygen atoms in total. The molecule has 1 N–H and O–H groups in total. The van der Waals surface area contributed by atoms with Crippen LogP contribution in [0.4, 0.5) is 0 Å². The molecule has 1 aliphatic heterocycles. The normalized spacial score (nSPS) is 17.7. The molecule has 1 aliphatic rings. The Hall–Kier alpha value is -0.610. The predicted octanol–water partition coefficient (Wildman–Crippen LogP) is 0.481. The van der Waals surface area contributed by atoms with Crippen molar-refractivity contribution in [2.45, 2.75) is 19.3 Å². The van der Waals surface area contributed by atoms with Gasteiger partial charge in [-0.05, 0) is 31.8 Å². The van der Waals surface area contributed by atoms with E-state index in [1.807, 2.05) is 11.9 Å². The first kappa shape index (κ1) is 12.5. The van der Waals surface area contributed by atoms with Crippen LogP contribution in [-0.2, 0) is 9.53 Å². The van der Waals surface area contributed by atoms with Gasteiger partial charge in [-0.15, -0.1) is 0 Å². The van der Waals surface area contributed by atoms with Crippen LogP contribution in [0.5, 0.6) is 0 Å². The van der Waals surface area contributed by atoms with E-state index in [1.54, 1.807) is 7.11 Å². The Morgan fingerprint density at radius 1 is 1.47 bits per heavy atom. The van der Waals surface area contributed by atoms with Gasteiger partial charge in [-0.25, -0.2) is 0 Å². The van der Waals surface area contributed by atoms with Crippen LogP contribution in [0.2, 0.25) is 0 Å². The van der Waals surface area contributed by atoms with Crippen LogP contribution in [-0.4, -0.2) is 51.2 Å². The molecule has 0 spiro atoms. The minimum Gasteiger partial charge on any atom is -0.384 e. The van der Waals surface area contributed by atoms with Crippen molar-refractivity contribution < 1.29 is 9.53 Å². The molecule has 1 rings (SSSR count). The summed E-state index contributed by atoms with van der Waals surface area (Å²) >= 11 is 0. The molecule has 0 aromatic rings. The number of amides is 1. The number of carbonyl (C=O) groups is 1. The number of rotatable bonds is 5. The summed E-state index contributed by atoms with van der Waals surface area (Å²) < 4.78 is 4.90. The van der Waals surface area contributed by atoms with Gasteiger partial charge in [0.05, 0.1) is 13.0 Å². The van der Waals surface area contributed by atoms with E-state index in [1.165, 1.54) is 12.8 Å². The molecule has 0 unspecified atom stereocenters. The number of ether oxygens (including phenoxy) is 1. The smallest absolute Gasteiger partial charge is 0.224 e. The maximum atomic E-state index is 11.6. The molecule has 0 aliphatic carbocycles. The van der Waals surface area contributed by atoms with Crippen molar-refractivity contribution in [1.82, 2.24) is 10.2 Å². The molecule has 1 fully saturated rings. The molecule has 0 atom stereocenters. The third kappa shape index (κ3) is 4.62. The first-order valence-electron chi connectivity index (χ1n) is 5.67. The van der Waals surface area contributed by atoms with Gasteiger partial charge in [0, 0.05) is 20.7 Å². The molecular weight excluding hydrogens is 192 g/mol. The van der Waals surface area contributed by atoms with E-state index in [4.69, 9.17) is 4.74 Å². The first-order valence-corrected chi connectivity index (χ1v) is 5.67. The summed E-state index contributed by atoms with van der Waals surface area (Å²) in [6.07, 6.45) is 2.86. The summed E-state index contributed by atoms with van der Waals surface area (Å²) in [4.78, 5) is 13.4. The lowest BCUT2D eigenvalue weighted by Crippen LogP contribution is -2.37. The number of hydrogen-bond donors (Lipinski definition) is 1. The van der Waals surface area contributed by atoms with Crippen LogP contribution in [0.3, 0.4) is 0 Å². The fraction of sp³-hybridized carbons (Fsp3) is 0.909. The molecule has 0 radical (unpaired) electrons. The number of carbonyl (C=O) groups excluding carboxylic acids is 1. The van der Waals surface area contributed by atoms with Crippen LogP contribution in [0, 0.1) is 5.92 Å². The van der Waals surface area contributed by atoms with Crippen molar-refractivity contribution in [3.8, 4) is 0 Å². The van der Waals surface area contributed by atoms with Crippen molar-refractivity contribution in [3.05, 3.63) is 0 Å². The number of hydrogen-bond acceptors (Lipinski definition) is 3. The minimum atomic E-state index is 0.190. The summed E-state index contributed by atoms with van der Waals surface area (Å²) in [6.45, 7) is 3.59. The summed E-state index contributed by atoms with van der Waals surface area (Å²) in [5.74, 6) is 0.859. The maximum Gasteiger partial charge on any atom is 0.224 e. The second kappa shape index (κ2) is 6.80. The van der Waals surface area contributed by atoms with E-state index >= 15 is 0 Å². The zero-order valence-corrected chi connectivity index (χ0v) is 9.79. The minimum absolute atomic E-state index is 0.190. The Kier molecular flexibility index (Phi) is 5.65. The van der Waals surface area contributed by atoms with Gasteiger partial charge in [-0.3, -0.25) is 4.79 Å². The van der Waals surface area contributed by atoms with Crippen molar-refractivity contribution >= 4 is 5.91 Å². The largest absolute Gasteiger partial charge is 0.384 e. The lowest BCUT2D eigenvalue weighted by atomic mass is 9.97. The highest BCUT2D eigenvalue weighted by Crippen LogP contribution is 2.12. The maximum absolute atomic E-state index is 11.6. The molecule has 0 aromatic carbocycles. The third-order valence-electron chi connectivity index (χ3n) is 2.94. The van der Waals surface area contributed by atoms with E-state index in [9.17, 15) is 4.79 Å². The molecule has 1 amide bonds. The number of nitrogens with one attached hydrogen (secondary N) is 1. The Morgan fingerprint density at radius 2 is 2.13 bits per heavy atom. The van der Waals surface area contributed by atoms with Crippen LogP contribution in [0.15, 0.2) is 0 Å². The highest BCUT2D eigenvalue weighted by atomic mass is 16.5. The quantitative estimate of drug-likeness (QED) is 0.724. The third-order valence-corrected chi connectivity index (χ3v) is 2.94. The van der Waals surface area contributed by atoms with Crippen molar-refractivity contribution in [2.24, 2.45) is 5.92 Å². The average Bonchev–Trinajstić information content (AvgIpc) is 2.27. The number of methoxy groups -OCH3 is 1. The van der Waals surface area contributed by atoms with Crippen LogP contribution >= 0.6 is 0 Å². The van der Waals surface area contributed by atoms with Crippen molar-refractivity contribution in [3.63, 3.8) is 0 Å². The zero-order chi connectivity index (χ0) is 11.1. The van der Waals surface area contributed by atoms with Crippen molar-refractivity contribution in [2.75, 3.05) is 40.4 Å². The van der Waals surface area contributed by atoms with Gasteiger partial charge >= 0.3 is 0 Å². The Labute approximate surface area is 92.0 Å². The Balaban J connectivity index is 2.20. The fourth-order valence-corrected chi connectivity index (χ4v) is 1.93. The SMILES string of the molecule is COCCC(=O)N(C)CC1CCNCC1. The van der Waals surface area contributed by atoms with Gasteiger partial charge in [0.25, 0.3) is 0 Å². The van der Waals surface area contributed by atoms with E-state index < -0.39 is 0 Å². The van der Waals surface area contributed by atoms with E-state index in [2.05, 4.69) is 5.32 Å². The van der Waals surface area contributed by atoms with Crippen molar-refractivity contribution in [1.29, 1.82) is 0 Å². The molecule has 4 heteroatoms. The van der Waals surface area contributed by atoms with Crippen LogP contribution in [0.1, 0.15) is 19.3 Å². The van der Waals surface area contributed by atoms with E-state index in [0.29, 0.717) is 18.9 Å². The topological polar surface area (TPSA) is 41.6 Å². The van der Waals surface area contributed by atoms with Gasteiger partial charge in [0.1, 0.15) is 0 Å². The lowest BCUT2D eigenvalue weighted by molar-refractivity contribution is -0.131. The number of piperidine rings is 1. The standard InChI is InChI=1S/C11H22N2O2/c1-13(11(14)5-8-15-2)9-10-3-6-12-7-4-10/h10,12H,3-9H2,1-2H3. The van der Waals surface area contributed by atoms with E-state index in [0.717, 1.165) is 19.6 Å². The second-order valence-corrected chi connectivity index (χ2v) is 4.21. The Morgan fingerprint density at radius 3 is 2.73 bits per heavy atom. The summed E-state index contributed by atoms with van der Waals surface area (Å²) in [5, 5.41) is 3.33. The second-order valence-electron chi connectivity index (χ2n) is 4.21.